The van der Waals surface area contributed by atoms with Crippen LogP contribution in [0.3, 0.4) is 0 Å². The van der Waals surface area contributed by atoms with Gasteiger partial charge in [0.2, 0.25) is 5.91 Å². The fraction of sp³-hybridized carbons (Fsp3) is 0.500. The molecule has 1 saturated carbocycles. The minimum atomic E-state index is -0.822. The second kappa shape index (κ2) is 5.57. The highest BCUT2D eigenvalue weighted by atomic mass is 19.1. The number of carbonyl (C=O) groups excluding carboxylic acids is 1. The van der Waals surface area contributed by atoms with Crippen LogP contribution in [0, 0.1) is 5.82 Å². The Morgan fingerprint density at radius 1 is 1.37 bits per heavy atom. The fourth-order valence-corrected chi connectivity index (χ4v) is 2.42. The van der Waals surface area contributed by atoms with E-state index in [4.69, 9.17) is 10.5 Å². The summed E-state index contributed by atoms with van der Waals surface area (Å²) in [4.78, 5) is 12.3. The zero-order valence-corrected chi connectivity index (χ0v) is 11.0. The number of amides is 1. The molecule has 5 heteroatoms. The number of nitrogens with two attached hydrogens (primary N) is 1. The Bertz CT molecular complexity index is 471. The van der Waals surface area contributed by atoms with Gasteiger partial charge in [-0.15, -0.1) is 0 Å². The molecule has 1 aliphatic rings. The molecule has 1 aromatic carbocycles. The summed E-state index contributed by atoms with van der Waals surface area (Å²) in [7, 11) is 1.43. The third-order valence-corrected chi connectivity index (χ3v) is 3.61. The van der Waals surface area contributed by atoms with Crippen molar-refractivity contribution in [2.75, 3.05) is 12.4 Å². The second-order valence-corrected chi connectivity index (χ2v) is 5.02. The van der Waals surface area contributed by atoms with Crippen molar-refractivity contribution in [1.82, 2.24) is 0 Å². The molecule has 0 saturated heterocycles. The first-order valence-corrected chi connectivity index (χ1v) is 6.49. The first kappa shape index (κ1) is 13.8. The van der Waals surface area contributed by atoms with Gasteiger partial charge in [0, 0.05) is 6.07 Å². The highest BCUT2D eigenvalue weighted by Gasteiger charge is 2.35. The molecule has 0 unspecified atom stereocenters. The Labute approximate surface area is 112 Å². The maximum atomic E-state index is 13.1. The number of halogens is 1. The molecule has 0 spiro atoms. The van der Waals surface area contributed by atoms with Crippen molar-refractivity contribution in [1.29, 1.82) is 0 Å². The van der Waals surface area contributed by atoms with Crippen LogP contribution in [0.4, 0.5) is 10.1 Å². The average molecular weight is 266 g/mol. The fourth-order valence-electron chi connectivity index (χ4n) is 2.42. The third kappa shape index (κ3) is 3.04. The van der Waals surface area contributed by atoms with Crippen LogP contribution in [0.5, 0.6) is 5.75 Å². The van der Waals surface area contributed by atoms with E-state index in [1.54, 1.807) is 0 Å². The molecule has 0 heterocycles. The first-order chi connectivity index (χ1) is 9.05. The Kier molecular flexibility index (Phi) is 4.04. The first-order valence-electron chi connectivity index (χ1n) is 6.49. The van der Waals surface area contributed by atoms with Gasteiger partial charge in [0.15, 0.2) is 0 Å². The number of hydrogen-bond acceptors (Lipinski definition) is 3. The highest BCUT2D eigenvalue weighted by molar-refractivity contribution is 5.99. The smallest absolute Gasteiger partial charge is 0.244 e. The summed E-state index contributed by atoms with van der Waals surface area (Å²) in [5, 5.41) is 2.74. The summed E-state index contributed by atoms with van der Waals surface area (Å²) in [5.74, 6) is -0.333. The minimum Gasteiger partial charge on any atom is -0.494 e. The molecular formula is C14H19FN2O2. The summed E-state index contributed by atoms with van der Waals surface area (Å²) in [6.45, 7) is 0. The van der Waals surface area contributed by atoms with Gasteiger partial charge in [-0.2, -0.15) is 0 Å². The van der Waals surface area contributed by atoms with E-state index < -0.39 is 11.4 Å². The number of ether oxygens (including phenoxy) is 1. The predicted molar refractivity (Wildman–Crippen MR) is 71.6 cm³/mol. The quantitative estimate of drug-likeness (QED) is 0.883. The lowest BCUT2D eigenvalue weighted by Gasteiger charge is -2.31. The van der Waals surface area contributed by atoms with Gasteiger partial charge >= 0.3 is 0 Å². The van der Waals surface area contributed by atoms with Crippen molar-refractivity contribution >= 4 is 11.6 Å². The Morgan fingerprint density at radius 2 is 2.05 bits per heavy atom. The van der Waals surface area contributed by atoms with Gasteiger partial charge in [0.05, 0.1) is 18.3 Å². The molecule has 0 bridgehead atoms. The van der Waals surface area contributed by atoms with Crippen LogP contribution < -0.4 is 15.8 Å². The third-order valence-electron chi connectivity index (χ3n) is 3.61. The Balaban J connectivity index is 2.14. The van der Waals surface area contributed by atoms with E-state index in [2.05, 4.69) is 5.32 Å². The molecule has 1 fully saturated rings. The largest absolute Gasteiger partial charge is 0.494 e. The van der Waals surface area contributed by atoms with Crippen LogP contribution in [0.2, 0.25) is 0 Å². The van der Waals surface area contributed by atoms with Gasteiger partial charge in [-0.1, -0.05) is 19.3 Å². The molecule has 0 radical (unpaired) electrons. The molecule has 19 heavy (non-hydrogen) atoms. The Hall–Kier alpha value is -1.62. The van der Waals surface area contributed by atoms with Crippen molar-refractivity contribution in [2.45, 2.75) is 37.6 Å². The van der Waals surface area contributed by atoms with Crippen LogP contribution in [0.25, 0.3) is 0 Å². The lowest BCUT2D eigenvalue weighted by molar-refractivity contribution is -0.122. The molecule has 1 amide bonds. The summed E-state index contributed by atoms with van der Waals surface area (Å²) >= 11 is 0. The van der Waals surface area contributed by atoms with Crippen LogP contribution >= 0.6 is 0 Å². The van der Waals surface area contributed by atoms with E-state index in [1.165, 1.54) is 25.3 Å². The van der Waals surface area contributed by atoms with E-state index in [0.717, 1.165) is 19.3 Å². The number of rotatable bonds is 3. The average Bonchev–Trinajstić information content (AvgIpc) is 2.41. The van der Waals surface area contributed by atoms with E-state index in [0.29, 0.717) is 24.3 Å². The number of anilines is 1. The van der Waals surface area contributed by atoms with Crippen LogP contribution in [-0.4, -0.2) is 18.6 Å². The molecule has 0 atom stereocenters. The number of benzene rings is 1. The molecule has 104 valence electrons. The predicted octanol–water partition coefficient (Wildman–Crippen LogP) is 2.43. The van der Waals surface area contributed by atoms with Gasteiger partial charge in [-0.05, 0) is 25.0 Å². The molecular weight excluding hydrogens is 247 g/mol. The van der Waals surface area contributed by atoms with Crippen molar-refractivity contribution < 1.29 is 13.9 Å². The van der Waals surface area contributed by atoms with Gasteiger partial charge < -0.3 is 15.8 Å². The van der Waals surface area contributed by atoms with E-state index in [9.17, 15) is 9.18 Å². The summed E-state index contributed by atoms with van der Waals surface area (Å²) in [6.07, 6.45) is 4.41. The Morgan fingerprint density at radius 3 is 2.68 bits per heavy atom. The SMILES string of the molecule is COc1cc(F)ccc1NC(=O)C1(N)CCCCC1. The number of carbonyl (C=O) groups is 1. The van der Waals surface area contributed by atoms with Gasteiger partial charge in [-0.3, -0.25) is 4.79 Å². The lowest BCUT2D eigenvalue weighted by Crippen LogP contribution is -2.52. The lowest BCUT2D eigenvalue weighted by atomic mass is 9.82. The van der Waals surface area contributed by atoms with Crippen molar-refractivity contribution in [3.8, 4) is 5.75 Å². The van der Waals surface area contributed by atoms with Crippen molar-refractivity contribution in [2.24, 2.45) is 5.73 Å². The summed E-state index contributed by atoms with van der Waals surface area (Å²) in [6, 6.07) is 4.00. The number of methoxy groups -OCH3 is 1. The van der Waals surface area contributed by atoms with Gasteiger partial charge in [0.1, 0.15) is 11.6 Å². The van der Waals surface area contributed by atoms with Crippen molar-refractivity contribution in [3.63, 3.8) is 0 Å². The number of hydrogen-bond donors (Lipinski definition) is 2. The zero-order valence-electron chi connectivity index (χ0n) is 11.0. The van der Waals surface area contributed by atoms with Crippen molar-refractivity contribution in [3.05, 3.63) is 24.0 Å². The van der Waals surface area contributed by atoms with E-state index >= 15 is 0 Å². The molecule has 3 N–H and O–H groups in total. The molecule has 1 aromatic rings. The van der Waals surface area contributed by atoms with Gasteiger partial charge in [-0.25, -0.2) is 4.39 Å². The second-order valence-electron chi connectivity index (χ2n) is 5.02. The van der Waals surface area contributed by atoms with Crippen LogP contribution in [-0.2, 0) is 4.79 Å². The van der Waals surface area contributed by atoms with E-state index in [-0.39, 0.29) is 5.91 Å². The zero-order chi connectivity index (χ0) is 13.9. The highest BCUT2D eigenvalue weighted by Crippen LogP contribution is 2.30. The maximum Gasteiger partial charge on any atom is 0.244 e. The number of nitrogens with one attached hydrogen (secondary N) is 1. The monoisotopic (exact) mass is 266 g/mol. The maximum absolute atomic E-state index is 13.1. The summed E-state index contributed by atoms with van der Waals surface area (Å²) < 4.78 is 18.1. The van der Waals surface area contributed by atoms with Crippen LogP contribution in [0.1, 0.15) is 32.1 Å². The molecule has 0 aromatic heterocycles. The molecule has 1 aliphatic carbocycles. The summed E-state index contributed by atoms with van der Waals surface area (Å²) in [5.41, 5.74) is 5.77. The topological polar surface area (TPSA) is 64.3 Å². The normalized spacial score (nSPS) is 17.8. The standard InChI is InChI=1S/C14H19FN2O2/c1-19-12-9-10(15)5-6-11(12)17-13(18)14(16)7-3-2-4-8-14/h5-6,9H,2-4,7-8,16H2,1H3,(H,17,18). The van der Waals surface area contributed by atoms with Gasteiger partial charge in [0.25, 0.3) is 0 Å². The molecule has 4 nitrogen and oxygen atoms in total. The van der Waals surface area contributed by atoms with Crippen LogP contribution in [0.15, 0.2) is 18.2 Å². The molecule has 0 aliphatic heterocycles. The molecule has 2 rings (SSSR count). The minimum absolute atomic E-state index is 0.225. The van der Waals surface area contributed by atoms with E-state index in [1.807, 2.05) is 0 Å².